The van der Waals surface area contributed by atoms with Crippen LogP contribution in [0.15, 0.2) is 35.5 Å². The second kappa shape index (κ2) is 9.35. The van der Waals surface area contributed by atoms with Crippen LogP contribution in [0.4, 0.5) is 0 Å². The molecule has 3 rings (SSSR count). The van der Waals surface area contributed by atoms with E-state index >= 15 is 0 Å². The average molecular weight is 448 g/mol. The normalized spacial score (nSPS) is 22.3. The fraction of sp³-hybridized carbons (Fsp3) is 0.353. The van der Waals surface area contributed by atoms with Gasteiger partial charge >= 0.3 is 51.4 Å². The molecule has 2 atom stereocenters. The molecule has 0 radical (unpaired) electrons. The van der Waals surface area contributed by atoms with Crippen LogP contribution >= 0.6 is 0 Å². The predicted molar refractivity (Wildman–Crippen MR) is 93.5 cm³/mol. The molecular weight excluding hydrogens is 429 g/mol. The molecular formula is C17H18KN3O7S. The maximum absolute atomic E-state index is 12.5. The van der Waals surface area contributed by atoms with Crippen LogP contribution in [0.2, 0.25) is 0 Å². The average Bonchev–Trinajstić information content (AvgIpc) is 2.64. The summed E-state index contributed by atoms with van der Waals surface area (Å²) >= 11 is 0. The second-order valence-electron chi connectivity index (χ2n) is 6.50. The van der Waals surface area contributed by atoms with Gasteiger partial charge in [0, 0.05) is 6.54 Å². The number of nitrogens with one attached hydrogen (secondary N) is 1. The van der Waals surface area contributed by atoms with Gasteiger partial charge < -0.3 is 26.1 Å². The van der Waals surface area contributed by atoms with Gasteiger partial charge in [-0.15, -0.1) is 0 Å². The van der Waals surface area contributed by atoms with Crippen molar-refractivity contribution in [3.05, 3.63) is 46.7 Å². The number of β-lactam (4-membered cyclic amide) rings is 1. The molecule has 1 fully saturated rings. The van der Waals surface area contributed by atoms with E-state index < -0.39 is 57.1 Å². The number of aliphatic hydroxyl groups excluding tert-OH is 1. The van der Waals surface area contributed by atoms with Crippen molar-refractivity contribution < 1.29 is 84.4 Å². The van der Waals surface area contributed by atoms with Crippen LogP contribution in [0.1, 0.15) is 11.1 Å². The maximum atomic E-state index is 12.5. The fourth-order valence-electron chi connectivity index (χ4n) is 3.46. The zero-order valence-corrected chi connectivity index (χ0v) is 19.6. The molecule has 0 saturated carbocycles. The Labute approximate surface area is 209 Å². The van der Waals surface area contributed by atoms with Gasteiger partial charge in [0.1, 0.15) is 6.04 Å². The predicted octanol–water partition coefficient (Wildman–Crippen LogP) is -6.23. The van der Waals surface area contributed by atoms with Crippen molar-refractivity contribution >= 4 is 27.6 Å². The second-order valence-corrected chi connectivity index (χ2v) is 8.60. The molecule has 150 valence electrons. The zero-order chi connectivity index (χ0) is 20.6. The monoisotopic (exact) mass is 447 g/mol. The SMILES string of the molecule is NCc1ccccc1CC(=O)N[C@H]1C(=O)N2C(C(=O)[O-])=C(CO)CS(=O)(=O)[C@@H]12.[K+]. The number of aliphatic hydroxyl groups is 1. The van der Waals surface area contributed by atoms with Gasteiger partial charge in [0.25, 0.3) is 5.91 Å². The number of nitrogens with zero attached hydrogens (tertiary/aromatic N) is 1. The van der Waals surface area contributed by atoms with Crippen molar-refractivity contribution in [3.63, 3.8) is 0 Å². The minimum atomic E-state index is -4.00. The minimum Gasteiger partial charge on any atom is -0.543 e. The summed E-state index contributed by atoms with van der Waals surface area (Å²) in [6, 6.07) is 5.52. The van der Waals surface area contributed by atoms with E-state index in [1.54, 1.807) is 24.3 Å². The molecule has 1 aromatic rings. The summed E-state index contributed by atoms with van der Waals surface area (Å²) in [5.41, 5.74) is 6.00. The van der Waals surface area contributed by atoms with Gasteiger partial charge in [0.15, 0.2) is 15.2 Å². The van der Waals surface area contributed by atoms with E-state index in [0.717, 1.165) is 5.56 Å². The van der Waals surface area contributed by atoms with Crippen LogP contribution in [-0.2, 0) is 37.2 Å². The van der Waals surface area contributed by atoms with Gasteiger partial charge in [-0.2, -0.15) is 0 Å². The Morgan fingerprint density at radius 2 is 1.90 bits per heavy atom. The molecule has 0 aliphatic carbocycles. The standard InChI is InChI=1S/C17H19N3O7S.K/c18-6-10-4-2-1-3-9(10)5-12(22)19-13-15(23)20-14(17(24)25)11(7-21)8-28(26,27)16(13)20;/h1-4,13,16,21H,5-8,18H2,(H,19,22)(H,24,25);/q;+1/p-1/t13-,16-;/m0./s1. The van der Waals surface area contributed by atoms with Crippen LogP contribution in [0.25, 0.3) is 0 Å². The number of aliphatic carboxylic acids is 1. The summed E-state index contributed by atoms with van der Waals surface area (Å²) < 4.78 is 24.9. The summed E-state index contributed by atoms with van der Waals surface area (Å²) in [6.45, 7) is -0.633. The first-order chi connectivity index (χ1) is 13.2. The molecule has 0 spiro atoms. The van der Waals surface area contributed by atoms with Crippen LogP contribution in [0, 0.1) is 0 Å². The quantitative estimate of drug-likeness (QED) is 0.286. The molecule has 0 unspecified atom stereocenters. The Kier molecular flexibility index (Phi) is 7.78. The summed E-state index contributed by atoms with van der Waals surface area (Å²) in [5, 5.41) is 21.4. The van der Waals surface area contributed by atoms with Crippen molar-refractivity contribution in [1.29, 1.82) is 0 Å². The number of carbonyl (C=O) groups excluding carboxylic acids is 3. The van der Waals surface area contributed by atoms with Crippen molar-refractivity contribution in [2.24, 2.45) is 5.73 Å². The number of carboxylic acid groups (broad SMARTS) is 1. The van der Waals surface area contributed by atoms with E-state index in [1.165, 1.54) is 0 Å². The zero-order valence-electron chi connectivity index (χ0n) is 15.6. The number of rotatable bonds is 6. The Balaban J connectivity index is 0.00000300. The van der Waals surface area contributed by atoms with Crippen LogP contribution in [-0.4, -0.2) is 60.0 Å². The molecule has 0 bridgehead atoms. The first-order valence-corrected chi connectivity index (χ1v) is 10.1. The molecule has 2 aliphatic heterocycles. The third-order valence-corrected chi connectivity index (χ3v) is 6.72. The summed E-state index contributed by atoms with van der Waals surface area (Å²) in [4.78, 5) is 36.6. The van der Waals surface area contributed by atoms with Gasteiger partial charge in [0.2, 0.25) is 5.91 Å². The van der Waals surface area contributed by atoms with Gasteiger partial charge in [-0.25, -0.2) is 8.42 Å². The summed E-state index contributed by atoms with van der Waals surface area (Å²) in [7, 11) is -4.00. The number of carboxylic acids is 1. The largest absolute Gasteiger partial charge is 1.00 e. The van der Waals surface area contributed by atoms with Crippen LogP contribution < -0.4 is 67.5 Å². The molecule has 4 N–H and O–H groups in total. The van der Waals surface area contributed by atoms with Crippen LogP contribution in [0.3, 0.4) is 0 Å². The third-order valence-electron chi connectivity index (χ3n) is 4.75. The van der Waals surface area contributed by atoms with Crippen LogP contribution in [0.5, 0.6) is 0 Å². The fourth-order valence-corrected chi connectivity index (χ4v) is 5.47. The Morgan fingerprint density at radius 3 is 2.45 bits per heavy atom. The summed E-state index contributed by atoms with van der Waals surface area (Å²) in [5.74, 6) is -3.98. The van der Waals surface area contributed by atoms with E-state index in [-0.39, 0.29) is 69.9 Å². The molecule has 2 heterocycles. The minimum absolute atomic E-state index is 0. The molecule has 10 nitrogen and oxygen atoms in total. The number of carbonyl (C=O) groups is 3. The van der Waals surface area contributed by atoms with E-state index in [0.29, 0.717) is 10.5 Å². The number of amides is 2. The number of fused-ring (bicyclic) bond motifs is 1. The van der Waals surface area contributed by atoms with E-state index in [9.17, 15) is 33.0 Å². The van der Waals surface area contributed by atoms with Gasteiger partial charge in [0.05, 0.1) is 30.4 Å². The van der Waals surface area contributed by atoms with Crippen molar-refractivity contribution in [1.82, 2.24) is 10.2 Å². The number of hydrogen-bond donors (Lipinski definition) is 3. The number of hydrogen-bond acceptors (Lipinski definition) is 8. The number of sulfone groups is 1. The topological polar surface area (TPSA) is 170 Å². The molecule has 1 saturated heterocycles. The van der Waals surface area contributed by atoms with Crippen molar-refractivity contribution in [3.8, 4) is 0 Å². The summed E-state index contributed by atoms with van der Waals surface area (Å²) in [6.07, 6.45) is -0.116. The molecule has 0 aromatic heterocycles. The Bertz CT molecular complexity index is 992. The van der Waals surface area contributed by atoms with Crippen molar-refractivity contribution in [2.75, 3.05) is 12.4 Å². The third kappa shape index (κ3) is 4.49. The van der Waals surface area contributed by atoms with Gasteiger partial charge in [-0.05, 0) is 16.7 Å². The molecule has 2 amide bonds. The van der Waals surface area contributed by atoms with Gasteiger partial charge in [-0.3, -0.25) is 14.5 Å². The molecule has 29 heavy (non-hydrogen) atoms. The number of benzene rings is 1. The van der Waals surface area contributed by atoms with Crippen molar-refractivity contribution in [2.45, 2.75) is 24.4 Å². The first kappa shape index (κ1) is 24.1. The molecule has 1 aromatic carbocycles. The molecule has 2 aliphatic rings. The van der Waals surface area contributed by atoms with Gasteiger partial charge in [-0.1, -0.05) is 24.3 Å². The van der Waals surface area contributed by atoms with E-state index in [1.807, 2.05) is 0 Å². The first-order valence-electron chi connectivity index (χ1n) is 8.36. The number of nitrogens with two attached hydrogens (primary N) is 1. The smallest absolute Gasteiger partial charge is 0.543 e. The maximum Gasteiger partial charge on any atom is 1.00 e. The molecule has 12 heteroatoms. The van der Waals surface area contributed by atoms with E-state index in [2.05, 4.69) is 5.32 Å². The van der Waals surface area contributed by atoms with E-state index in [4.69, 9.17) is 5.73 Å². The Morgan fingerprint density at radius 1 is 1.28 bits per heavy atom. The Hall–Kier alpha value is -1.12.